The number of rotatable bonds is 3. The van der Waals surface area contributed by atoms with Crippen molar-refractivity contribution in [2.75, 3.05) is 6.61 Å². The number of hydrogen-bond donors (Lipinski definition) is 2. The molecule has 0 bridgehead atoms. The Labute approximate surface area is 74.2 Å². The summed E-state index contributed by atoms with van der Waals surface area (Å²) in [5.74, 6) is 0.00375. The molecule has 0 aromatic carbocycles. The Balaban J connectivity index is 3.75. The van der Waals surface area contributed by atoms with Crippen LogP contribution in [-0.2, 0) is 4.79 Å². The van der Waals surface area contributed by atoms with E-state index in [0.717, 1.165) is 0 Å². The van der Waals surface area contributed by atoms with Gasteiger partial charge in [0.05, 0.1) is 6.61 Å². The fourth-order valence-corrected chi connectivity index (χ4v) is 0.853. The van der Waals surface area contributed by atoms with Crippen molar-refractivity contribution in [1.29, 1.82) is 0 Å². The highest BCUT2D eigenvalue weighted by Crippen LogP contribution is 2.17. The Kier molecular flexibility index (Phi) is 4.24. The maximum absolute atomic E-state index is 11.2. The second-order valence-electron chi connectivity index (χ2n) is 4.39. The van der Waals surface area contributed by atoms with Gasteiger partial charge in [-0.15, -0.1) is 0 Å². The minimum Gasteiger partial charge on any atom is -0.394 e. The van der Waals surface area contributed by atoms with Crippen LogP contribution in [0, 0.1) is 5.41 Å². The summed E-state index contributed by atoms with van der Waals surface area (Å²) < 4.78 is 0. The van der Waals surface area contributed by atoms with Crippen LogP contribution in [0.3, 0.4) is 0 Å². The van der Waals surface area contributed by atoms with Crippen LogP contribution in [0.5, 0.6) is 0 Å². The predicted molar refractivity (Wildman–Crippen MR) is 48.8 cm³/mol. The SMILES string of the molecule is CC(CO)NC(=O)CC(C)(C)C. The lowest BCUT2D eigenvalue weighted by Gasteiger charge is -2.19. The highest BCUT2D eigenvalue weighted by molar-refractivity contribution is 5.76. The average molecular weight is 173 g/mol. The van der Waals surface area contributed by atoms with Crippen LogP contribution in [0.15, 0.2) is 0 Å². The lowest BCUT2D eigenvalue weighted by molar-refractivity contribution is -0.123. The van der Waals surface area contributed by atoms with E-state index >= 15 is 0 Å². The molecular formula is C9H19NO2. The molecule has 0 aliphatic heterocycles. The summed E-state index contributed by atoms with van der Waals surface area (Å²) in [5.41, 5.74) is 0.0132. The topological polar surface area (TPSA) is 49.3 Å². The van der Waals surface area contributed by atoms with Crippen molar-refractivity contribution in [3.8, 4) is 0 Å². The quantitative estimate of drug-likeness (QED) is 0.666. The first kappa shape index (κ1) is 11.4. The van der Waals surface area contributed by atoms with Crippen LogP contribution in [0.25, 0.3) is 0 Å². The molecule has 0 saturated carbocycles. The summed E-state index contributed by atoms with van der Waals surface area (Å²) in [6.07, 6.45) is 0.497. The van der Waals surface area contributed by atoms with Gasteiger partial charge < -0.3 is 10.4 Å². The first-order chi connectivity index (χ1) is 5.35. The van der Waals surface area contributed by atoms with Crippen molar-refractivity contribution in [2.45, 2.75) is 40.2 Å². The zero-order valence-electron chi connectivity index (χ0n) is 8.35. The molecule has 0 aliphatic rings. The maximum atomic E-state index is 11.2. The van der Waals surface area contributed by atoms with Crippen LogP contribution in [0.2, 0.25) is 0 Å². The minimum atomic E-state index is -0.139. The summed E-state index contributed by atoms with van der Waals surface area (Å²) in [4.78, 5) is 11.2. The lowest BCUT2D eigenvalue weighted by atomic mass is 9.92. The third-order valence-electron chi connectivity index (χ3n) is 1.37. The van der Waals surface area contributed by atoms with E-state index in [-0.39, 0.29) is 24.0 Å². The second kappa shape index (κ2) is 4.45. The van der Waals surface area contributed by atoms with E-state index < -0.39 is 0 Å². The van der Waals surface area contributed by atoms with E-state index in [0.29, 0.717) is 6.42 Å². The van der Waals surface area contributed by atoms with Crippen molar-refractivity contribution in [2.24, 2.45) is 5.41 Å². The molecule has 0 aliphatic carbocycles. The Morgan fingerprint density at radius 1 is 1.50 bits per heavy atom. The molecule has 0 fully saturated rings. The monoisotopic (exact) mass is 173 g/mol. The Hall–Kier alpha value is -0.570. The second-order valence-corrected chi connectivity index (χ2v) is 4.39. The fourth-order valence-electron chi connectivity index (χ4n) is 0.853. The van der Waals surface area contributed by atoms with E-state index in [1.165, 1.54) is 0 Å². The summed E-state index contributed by atoms with van der Waals surface area (Å²) >= 11 is 0. The smallest absolute Gasteiger partial charge is 0.220 e. The molecule has 0 rings (SSSR count). The summed E-state index contributed by atoms with van der Waals surface area (Å²) in [7, 11) is 0. The zero-order valence-corrected chi connectivity index (χ0v) is 8.35. The van der Waals surface area contributed by atoms with Gasteiger partial charge in [0.15, 0.2) is 0 Å². The van der Waals surface area contributed by atoms with E-state index in [2.05, 4.69) is 5.32 Å². The molecule has 0 radical (unpaired) electrons. The van der Waals surface area contributed by atoms with E-state index in [1.807, 2.05) is 20.8 Å². The van der Waals surface area contributed by atoms with Crippen molar-refractivity contribution in [3.05, 3.63) is 0 Å². The molecule has 0 saturated heterocycles. The predicted octanol–water partition coefficient (Wildman–Crippen LogP) is 0.920. The number of aliphatic hydroxyl groups is 1. The van der Waals surface area contributed by atoms with Gasteiger partial charge in [0.2, 0.25) is 5.91 Å². The summed E-state index contributed by atoms with van der Waals surface area (Å²) in [6.45, 7) is 7.80. The fraction of sp³-hybridized carbons (Fsp3) is 0.889. The van der Waals surface area contributed by atoms with Crippen LogP contribution in [0.1, 0.15) is 34.1 Å². The number of hydrogen-bond acceptors (Lipinski definition) is 2. The maximum Gasteiger partial charge on any atom is 0.220 e. The largest absolute Gasteiger partial charge is 0.394 e. The Morgan fingerprint density at radius 3 is 2.33 bits per heavy atom. The molecule has 3 heteroatoms. The summed E-state index contributed by atoms with van der Waals surface area (Å²) in [5, 5.41) is 11.4. The van der Waals surface area contributed by atoms with Crippen LogP contribution in [-0.4, -0.2) is 23.7 Å². The molecule has 12 heavy (non-hydrogen) atoms. The van der Waals surface area contributed by atoms with Gasteiger partial charge in [-0.05, 0) is 12.3 Å². The minimum absolute atomic E-state index is 0.00375. The van der Waals surface area contributed by atoms with Crippen LogP contribution in [0.4, 0.5) is 0 Å². The average Bonchev–Trinajstić information content (AvgIpc) is 1.82. The first-order valence-corrected chi connectivity index (χ1v) is 4.25. The van der Waals surface area contributed by atoms with Crippen molar-refractivity contribution < 1.29 is 9.90 Å². The van der Waals surface area contributed by atoms with E-state index in [1.54, 1.807) is 6.92 Å². The molecule has 1 atom stereocenters. The number of amides is 1. The normalized spacial score (nSPS) is 14.1. The molecule has 1 unspecified atom stereocenters. The Bertz CT molecular complexity index is 149. The van der Waals surface area contributed by atoms with E-state index in [9.17, 15) is 4.79 Å². The number of nitrogens with one attached hydrogen (secondary N) is 1. The van der Waals surface area contributed by atoms with E-state index in [4.69, 9.17) is 5.11 Å². The lowest BCUT2D eigenvalue weighted by Crippen LogP contribution is -2.36. The van der Waals surface area contributed by atoms with Gasteiger partial charge in [-0.3, -0.25) is 4.79 Å². The molecule has 0 aromatic heterocycles. The van der Waals surface area contributed by atoms with Gasteiger partial charge in [-0.1, -0.05) is 20.8 Å². The third-order valence-corrected chi connectivity index (χ3v) is 1.37. The highest BCUT2D eigenvalue weighted by Gasteiger charge is 2.16. The van der Waals surface area contributed by atoms with Gasteiger partial charge in [0.25, 0.3) is 0 Å². The van der Waals surface area contributed by atoms with Crippen molar-refractivity contribution in [1.82, 2.24) is 5.32 Å². The number of carbonyl (C=O) groups excluding carboxylic acids is 1. The third kappa shape index (κ3) is 6.16. The van der Waals surface area contributed by atoms with Gasteiger partial charge in [-0.25, -0.2) is 0 Å². The molecular weight excluding hydrogens is 154 g/mol. The number of carbonyl (C=O) groups is 1. The van der Waals surface area contributed by atoms with Crippen molar-refractivity contribution >= 4 is 5.91 Å². The number of aliphatic hydroxyl groups excluding tert-OH is 1. The molecule has 0 spiro atoms. The Morgan fingerprint density at radius 2 is 2.00 bits per heavy atom. The van der Waals surface area contributed by atoms with Gasteiger partial charge >= 0.3 is 0 Å². The molecule has 0 heterocycles. The standard InChI is InChI=1S/C9H19NO2/c1-7(6-11)10-8(12)5-9(2,3)4/h7,11H,5-6H2,1-4H3,(H,10,12). The van der Waals surface area contributed by atoms with Gasteiger partial charge in [-0.2, -0.15) is 0 Å². The van der Waals surface area contributed by atoms with Crippen LogP contribution >= 0.6 is 0 Å². The molecule has 2 N–H and O–H groups in total. The zero-order chi connectivity index (χ0) is 9.78. The summed E-state index contributed by atoms with van der Waals surface area (Å²) in [6, 6.07) is -0.139. The van der Waals surface area contributed by atoms with Gasteiger partial charge in [0.1, 0.15) is 0 Å². The molecule has 1 amide bonds. The highest BCUT2D eigenvalue weighted by atomic mass is 16.3. The molecule has 3 nitrogen and oxygen atoms in total. The molecule has 72 valence electrons. The molecule has 0 aromatic rings. The first-order valence-electron chi connectivity index (χ1n) is 4.25. The van der Waals surface area contributed by atoms with Gasteiger partial charge in [0, 0.05) is 12.5 Å². The van der Waals surface area contributed by atoms with Crippen molar-refractivity contribution in [3.63, 3.8) is 0 Å². The van der Waals surface area contributed by atoms with Crippen LogP contribution < -0.4 is 5.32 Å².